The third-order valence-electron chi connectivity index (χ3n) is 1.59. The maximum absolute atomic E-state index is 10.8. The molecule has 0 atom stereocenters. The van der Waals surface area contributed by atoms with Gasteiger partial charge in [-0.1, -0.05) is 26.2 Å². The number of hydrogen-bond donors (Lipinski definition) is 1. The molecule has 0 bridgehead atoms. The van der Waals surface area contributed by atoms with Crippen molar-refractivity contribution in [3.05, 3.63) is 0 Å². The fourth-order valence-electron chi connectivity index (χ4n) is 0.888. The summed E-state index contributed by atoms with van der Waals surface area (Å²) in [5.41, 5.74) is 4.97. The van der Waals surface area contributed by atoms with E-state index in [2.05, 4.69) is 11.9 Å². The lowest BCUT2D eigenvalue weighted by Crippen LogP contribution is -2.10. The van der Waals surface area contributed by atoms with Gasteiger partial charge in [-0.2, -0.15) is 0 Å². The standard InChI is InChI=1S/C9H18N2O2/c1-2-3-4-5-6-13-9(12)7-11-8-10/h8H,2-7H2,1H3,(H2,10,11). The summed E-state index contributed by atoms with van der Waals surface area (Å²) in [4.78, 5) is 14.4. The van der Waals surface area contributed by atoms with Gasteiger partial charge < -0.3 is 10.5 Å². The lowest BCUT2D eigenvalue weighted by Gasteiger charge is -2.01. The summed E-state index contributed by atoms with van der Waals surface area (Å²) in [5.74, 6) is -0.307. The molecular formula is C9H18N2O2. The van der Waals surface area contributed by atoms with Crippen LogP contribution in [-0.4, -0.2) is 25.5 Å². The number of unbranched alkanes of at least 4 members (excludes halogenated alkanes) is 3. The third kappa shape index (κ3) is 8.85. The molecular weight excluding hydrogens is 168 g/mol. The van der Waals surface area contributed by atoms with Gasteiger partial charge in [0.1, 0.15) is 6.54 Å². The maximum atomic E-state index is 10.8. The fourth-order valence-corrected chi connectivity index (χ4v) is 0.888. The van der Waals surface area contributed by atoms with Gasteiger partial charge in [-0.15, -0.1) is 0 Å². The van der Waals surface area contributed by atoms with E-state index in [1.807, 2.05) is 0 Å². The Balaban J connectivity index is 3.17. The van der Waals surface area contributed by atoms with Crippen LogP contribution in [0.15, 0.2) is 4.99 Å². The first-order valence-electron chi connectivity index (χ1n) is 4.67. The Hall–Kier alpha value is -1.06. The van der Waals surface area contributed by atoms with Gasteiger partial charge in [0.15, 0.2) is 0 Å². The Morgan fingerprint density at radius 3 is 2.85 bits per heavy atom. The van der Waals surface area contributed by atoms with Crippen LogP contribution in [0, 0.1) is 0 Å². The molecule has 0 heterocycles. The van der Waals surface area contributed by atoms with Gasteiger partial charge in [0.05, 0.1) is 12.9 Å². The Kier molecular flexibility index (Phi) is 8.30. The molecule has 0 saturated carbocycles. The first-order valence-corrected chi connectivity index (χ1v) is 4.67. The molecule has 4 nitrogen and oxygen atoms in total. The highest BCUT2D eigenvalue weighted by Gasteiger charge is 1.98. The quantitative estimate of drug-likeness (QED) is 0.280. The Morgan fingerprint density at radius 2 is 2.23 bits per heavy atom. The second-order valence-electron chi connectivity index (χ2n) is 2.77. The van der Waals surface area contributed by atoms with Gasteiger partial charge in [-0.25, -0.2) is 0 Å². The van der Waals surface area contributed by atoms with E-state index in [-0.39, 0.29) is 12.5 Å². The van der Waals surface area contributed by atoms with E-state index in [0.717, 1.165) is 19.2 Å². The van der Waals surface area contributed by atoms with Crippen LogP contribution in [0.5, 0.6) is 0 Å². The molecule has 0 aromatic carbocycles. The van der Waals surface area contributed by atoms with Gasteiger partial charge >= 0.3 is 5.97 Å². The first kappa shape index (κ1) is 11.9. The SMILES string of the molecule is CCCCCCOC(=O)CN=CN. The fraction of sp³-hybridized carbons (Fsp3) is 0.778. The molecule has 4 heteroatoms. The molecule has 0 aromatic heterocycles. The van der Waals surface area contributed by atoms with E-state index in [4.69, 9.17) is 10.5 Å². The molecule has 2 N–H and O–H groups in total. The molecule has 0 radical (unpaired) electrons. The van der Waals surface area contributed by atoms with Crippen molar-refractivity contribution in [2.45, 2.75) is 32.6 Å². The van der Waals surface area contributed by atoms with Crippen LogP contribution in [0.3, 0.4) is 0 Å². The van der Waals surface area contributed by atoms with Crippen molar-refractivity contribution in [2.24, 2.45) is 10.7 Å². The number of nitrogens with zero attached hydrogens (tertiary/aromatic N) is 1. The van der Waals surface area contributed by atoms with Crippen LogP contribution in [0.4, 0.5) is 0 Å². The van der Waals surface area contributed by atoms with Crippen LogP contribution in [0.1, 0.15) is 32.6 Å². The van der Waals surface area contributed by atoms with Gasteiger partial charge in [-0.3, -0.25) is 9.79 Å². The second kappa shape index (κ2) is 9.03. The highest BCUT2D eigenvalue weighted by Crippen LogP contribution is 1.98. The lowest BCUT2D eigenvalue weighted by molar-refractivity contribution is -0.141. The minimum atomic E-state index is -0.307. The number of carbonyl (C=O) groups is 1. The van der Waals surface area contributed by atoms with Gasteiger partial charge in [0, 0.05) is 0 Å². The third-order valence-corrected chi connectivity index (χ3v) is 1.59. The lowest BCUT2D eigenvalue weighted by atomic mass is 10.2. The molecule has 13 heavy (non-hydrogen) atoms. The summed E-state index contributed by atoms with van der Waals surface area (Å²) in [6.07, 6.45) is 5.54. The predicted octanol–water partition coefficient (Wildman–Crippen LogP) is 1.10. The Morgan fingerprint density at radius 1 is 1.46 bits per heavy atom. The highest BCUT2D eigenvalue weighted by atomic mass is 16.5. The normalized spacial score (nSPS) is 10.5. The van der Waals surface area contributed by atoms with E-state index in [1.54, 1.807) is 0 Å². The van der Waals surface area contributed by atoms with Crippen molar-refractivity contribution >= 4 is 12.3 Å². The minimum Gasteiger partial charge on any atom is -0.464 e. The molecule has 0 fully saturated rings. The molecule has 0 spiro atoms. The van der Waals surface area contributed by atoms with Crippen LogP contribution in [-0.2, 0) is 9.53 Å². The van der Waals surface area contributed by atoms with E-state index >= 15 is 0 Å². The summed E-state index contributed by atoms with van der Waals surface area (Å²) in [6, 6.07) is 0. The molecule has 0 aromatic rings. The molecule has 0 saturated heterocycles. The monoisotopic (exact) mass is 186 g/mol. The topological polar surface area (TPSA) is 64.7 Å². The van der Waals surface area contributed by atoms with E-state index in [0.29, 0.717) is 6.61 Å². The second-order valence-corrected chi connectivity index (χ2v) is 2.77. The summed E-state index contributed by atoms with van der Waals surface area (Å²) in [7, 11) is 0. The summed E-state index contributed by atoms with van der Waals surface area (Å²) >= 11 is 0. The predicted molar refractivity (Wildman–Crippen MR) is 52.6 cm³/mol. The zero-order valence-electron chi connectivity index (χ0n) is 8.16. The van der Waals surface area contributed by atoms with Gasteiger partial charge in [0.2, 0.25) is 0 Å². The largest absolute Gasteiger partial charge is 0.464 e. The van der Waals surface area contributed by atoms with E-state index in [9.17, 15) is 4.79 Å². The van der Waals surface area contributed by atoms with Crippen molar-refractivity contribution < 1.29 is 9.53 Å². The summed E-state index contributed by atoms with van der Waals surface area (Å²) in [6.45, 7) is 2.67. The van der Waals surface area contributed by atoms with Crippen LogP contribution in [0.25, 0.3) is 0 Å². The Bertz CT molecular complexity index is 158. The summed E-state index contributed by atoms with van der Waals surface area (Å²) in [5, 5.41) is 0. The number of ether oxygens (including phenoxy) is 1. The first-order chi connectivity index (χ1) is 6.31. The number of aliphatic imine (C=N–C) groups is 1. The van der Waals surface area contributed by atoms with Crippen molar-refractivity contribution in [3.8, 4) is 0 Å². The molecule has 0 aliphatic rings. The van der Waals surface area contributed by atoms with Crippen molar-refractivity contribution in [1.82, 2.24) is 0 Å². The molecule has 0 aliphatic heterocycles. The van der Waals surface area contributed by atoms with Crippen LogP contribution >= 0.6 is 0 Å². The van der Waals surface area contributed by atoms with Crippen molar-refractivity contribution in [1.29, 1.82) is 0 Å². The smallest absolute Gasteiger partial charge is 0.327 e. The molecule has 0 rings (SSSR count). The number of hydrogen-bond acceptors (Lipinski definition) is 3. The number of rotatable bonds is 7. The highest BCUT2D eigenvalue weighted by molar-refractivity contribution is 5.73. The van der Waals surface area contributed by atoms with E-state index in [1.165, 1.54) is 12.8 Å². The van der Waals surface area contributed by atoms with Gasteiger partial charge in [-0.05, 0) is 6.42 Å². The summed E-state index contributed by atoms with van der Waals surface area (Å²) < 4.78 is 4.88. The van der Waals surface area contributed by atoms with Crippen LogP contribution in [0.2, 0.25) is 0 Å². The zero-order chi connectivity index (χ0) is 9.94. The van der Waals surface area contributed by atoms with Crippen molar-refractivity contribution in [3.63, 3.8) is 0 Å². The van der Waals surface area contributed by atoms with Gasteiger partial charge in [0.25, 0.3) is 0 Å². The zero-order valence-corrected chi connectivity index (χ0v) is 8.16. The Labute approximate surface area is 79.2 Å². The molecule has 0 aliphatic carbocycles. The molecule has 0 unspecified atom stereocenters. The average Bonchev–Trinajstić information content (AvgIpc) is 2.14. The number of esters is 1. The average molecular weight is 186 g/mol. The van der Waals surface area contributed by atoms with Crippen LogP contribution < -0.4 is 5.73 Å². The number of nitrogens with two attached hydrogens (primary N) is 1. The van der Waals surface area contributed by atoms with E-state index < -0.39 is 0 Å². The van der Waals surface area contributed by atoms with Crippen molar-refractivity contribution in [2.75, 3.05) is 13.2 Å². The maximum Gasteiger partial charge on any atom is 0.327 e. The molecule has 76 valence electrons. The number of carbonyl (C=O) groups excluding carboxylic acids is 1. The minimum absolute atomic E-state index is 0.0320. The molecule has 0 amide bonds.